The van der Waals surface area contributed by atoms with Gasteiger partial charge in [0.25, 0.3) is 6.43 Å². The Morgan fingerprint density at radius 1 is 1.21 bits per heavy atom. The Morgan fingerprint density at radius 3 is 2.33 bits per heavy atom. The summed E-state index contributed by atoms with van der Waals surface area (Å²) in [5.74, 6) is -0.514. The van der Waals surface area contributed by atoms with E-state index in [0.717, 1.165) is 16.7 Å². The highest BCUT2D eigenvalue weighted by molar-refractivity contribution is 5.72. The molecule has 2 N–H and O–H groups in total. The molecule has 1 aromatic carbocycles. The van der Waals surface area contributed by atoms with Crippen molar-refractivity contribution in [3.63, 3.8) is 0 Å². The lowest BCUT2D eigenvalue weighted by Crippen LogP contribution is -2.18. The number of carbonyl (C=O) groups is 1. The van der Waals surface area contributed by atoms with Crippen molar-refractivity contribution in [3.05, 3.63) is 52.8 Å². The van der Waals surface area contributed by atoms with Crippen molar-refractivity contribution in [1.82, 2.24) is 4.98 Å². The van der Waals surface area contributed by atoms with Crippen LogP contribution in [-0.2, 0) is 9.53 Å². The molecule has 1 aromatic heterocycles. The van der Waals surface area contributed by atoms with Gasteiger partial charge in [0.2, 0.25) is 0 Å². The second kappa shape index (κ2) is 7.49. The smallest absolute Gasteiger partial charge is 0.307 e. The van der Waals surface area contributed by atoms with Crippen molar-refractivity contribution in [2.45, 2.75) is 32.7 Å². The Bertz CT molecular complexity index is 728. The van der Waals surface area contributed by atoms with E-state index in [0.29, 0.717) is 5.56 Å². The van der Waals surface area contributed by atoms with E-state index in [-0.39, 0.29) is 17.8 Å². The van der Waals surface area contributed by atoms with Crippen LogP contribution < -0.4 is 5.73 Å². The number of methoxy groups -OCH3 is 1. The molecule has 1 heterocycles. The molecule has 0 fully saturated rings. The molecule has 2 rings (SSSR count). The molecule has 0 saturated carbocycles. The minimum atomic E-state index is -2.72. The van der Waals surface area contributed by atoms with Crippen LogP contribution in [-0.4, -0.2) is 18.1 Å². The Balaban J connectivity index is 2.55. The maximum Gasteiger partial charge on any atom is 0.307 e. The monoisotopic (exact) mass is 334 g/mol. The predicted octanol–water partition coefficient (Wildman–Crippen LogP) is 3.87. The first-order chi connectivity index (χ1) is 11.3. The van der Waals surface area contributed by atoms with Gasteiger partial charge in [-0.05, 0) is 48.2 Å². The van der Waals surface area contributed by atoms with Crippen LogP contribution in [0.2, 0.25) is 0 Å². The van der Waals surface area contributed by atoms with E-state index in [4.69, 9.17) is 5.73 Å². The predicted molar refractivity (Wildman–Crippen MR) is 87.7 cm³/mol. The number of nitrogens with zero attached hydrogens (tertiary/aromatic N) is 1. The molecule has 0 aliphatic heterocycles. The first-order valence-electron chi connectivity index (χ1n) is 7.52. The number of rotatable bonds is 5. The van der Waals surface area contributed by atoms with Crippen molar-refractivity contribution < 1.29 is 18.3 Å². The van der Waals surface area contributed by atoms with Crippen LogP contribution in [0.3, 0.4) is 0 Å². The van der Waals surface area contributed by atoms with Crippen LogP contribution in [0, 0.1) is 13.8 Å². The molecular formula is C18H20F2N2O2. The first-order valence-corrected chi connectivity index (χ1v) is 7.52. The Hall–Kier alpha value is -2.34. The second-order valence-corrected chi connectivity index (χ2v) is 5.66. The molecule has 0 unspecified atom stereocenters. The zero-order valence-electron chi connectivity index (χ0n) is 13.8. The average molecular weight is 334 g/mol. The highest BCUT2D eigenvalue weighted by Gasteiger charge is 2.19. The van der Waals surface area contributed by atoms with Crippen LogP contribution in [0.4, 0.5) is 8.78 Å². The van der Waals surface area contributed by atoms with Gasteiger partial charge in [-0.2, -0.15) is 0 Å². The van der Waals surface area contributed by atoms with Crippen LogP contribution in [0.15, 0.2) is 30.3 Å². The molecule has 0 spiro atoms. The molecule has 0 aliphatic rings. The van der Waals surface area contributed by atoms with E-state index >= 15 is 0 Å². The summed E-state index contributed by atoms with van der Waals surface area (Å²) in [6.07, 6.45) is -2.85. The third-order valence-electron chi connectivity index (χ3n) is 3.85. The number of pyridine rings is 1. The molecule has 0 amide bonds. The van der Waals surface area contributed by atoms with Gasteiger partial charge in [-0.25, -0.2) is 8.78 Å². The molecule has 24 heavy (non-hydrogen) atoms. The number of hydrogen-bond acceptors (Lipinski definition) is 4. The average Bonchev–Trinajstić information content (AvgIpc) is 2.54. The second-order valence-electron chi connectivity index (χ2n) is 5.66. The summed E-state index contributed by atoms with van der Waals surface area (Å²) in [7, 11) is 1.25. The number of ether oxygens (including phenoxy) is 1. The molecule has 4 nitrogen and oxygen atoms in total. The van der Waals surface area contributed by atoms with Crippen molar-refractivity contribution in [2.24, 2.45) is 5.73 Å². The fraction of sp³-hybridized carbons (Fsp3) is 0.333. The van der Waals surface area contributed by atoms with E-state index in [9.17, 15) is 13.6 Å². The number of aryl methyl sites for hydroxylation is 2. The van der Waals surface area contributed by atoms with E-state index in [2.05, 4.69) is 9.72 Å². The number of alkyl halides is 2. The zero-order valence-corrected chi connectivity index (χ0v) is 13.8. The van der Waals surface area contributed by atoms with Crippen molar-refractivity contribution >= 4 is 5.97 Å². The van der Waals surface area contributed by atoms with Crippen LogP contribution in [0.5, 0.6) is 0 Å². The zero-order chi connectivity index (χ0) is 17.9. The number of halogens is 2. The van der Waals surface area contributed by atoms with Gasteiger partial charge in [-0.15, -0.1) is 0 Å². The van der Waals surface area contributed by atoms with Gasteiger partial charge in [-0.3, -0.25) is 9.78 Å². The minimum Gasteiger partial charge on any atom is -0.469 e. The molecule has 1 atom stereocenters. The van der Waals surface area contributed by atoms with E-state index < -0.39 is 18.4 Å². The number of benzene rings is 1. The highest BCUT2D eigenvalue weighted by atomic mass is 19.3. The van der Waals surface area contributed by atoms with Gasteiger partial charge in [0.05, 0.1) is 25.3 Å². The standard InChI is InChI=1S/C18H20F2N2O2/c1-10-5-4-6-11(2)17(10)12-7-14(13(21)9-16(23)24-3)22-15(8-12)18(19)20/h4-8,13,18H,9,21H2,1-3H3/t13-/m0/s1. The molecule has 6 heteroatoms. The molecule has 0 aliphatic carbocycles. The summed E-state index contributed by atoms with van der Waals surface area (Å²) in [6.45, 7) is 3.83. The fourth-order valence-electron chi connectivity index (χ4n) is 2.66. The molecule has 0 saturated heterocycles. The Labute approximate surface area is 139 Å². The lowest BCUT2D eigenvalue weighted by atomic mass is 9.94. The maximum atomic E-state index is 13.2. The van der Waals surface area contributed by atoms with Gasteiger partial charge in [-0.1, -0.05) is 18.2 Å². The fourth-order valence-corrected chi connectivity index (χ4v) is 2.66. The summed E-state index contributed by atoms with van der Waals surface area (Å²) in [4.78, 5) is 15.3. The number of esters is 1. The normalized spacial score (nSPS) is 12.3. The van der Waals surface area contributed by atoms with Crippen LogP contribution >= 0.6 is 0 Å². The molecule has 128 valence electrons. The topological polar surface area (TPSA) is 65.2 Å². The minimum absolute atomic E-state index is 0.123. The van der Waals surface area contributed by atoms with Crippen molar-refractivity contribution in [2.75, 3.05) is 7.11 Å². The summed E-state index contributed by atoms with van der Waals surface area (Å²) in [5.41, 5.74) is 9.26. The van der Waals surface area contributed by atoms with Gasteiger partial charge in [0, 0.05) is 0 Å². The lowest BCUT2D eigenvalue weighted by Gasteiger charge is -2.16. The van der Waals surface area contributed by atoms with Crippen LogP contribution in [0.1, 0.15) is 41.4 Å². The first kappa shape index (κ1) is 18.0. The highest BCUT2D eigenvalue weighted by Crippen LogP contribution is 2.31. The van der Waals surface area contributed by atoms with E-state index in [1.54, 1.807) is 6.07 Å². The Kier molecular flexibility index (Phi) is 5.62. The quantitative estimate of drug-likeness (QED) is 0.843. The van der Waals surface area contributed by atoms with Gasteiger partial charge >= 0.3 is 5.97 Å². The third kappa shape index (κ3) is 3.94. The number of aromatic nitrogens is 1. The number of nitrogens with two attached hydrogens (primary N) is 1. The van der Waals surface area contributed by atoms with E-state index in [1.165, 1.54) is 13.2 Å². The number of hydrogen-bond donors (Lipinski definition) is 1. The summed E-state index contributed by atoms with van der Waals surface area (Å²) in [6, 6.07) is 7.97. The molecular weight excluding hydrogens is 314 g/mol. The molecule has 2 aromatic rings. The Morgan fingerprint density at radius 2 is 1.79 bits per heavy atom. The van der Waals surface area contributed by atoms with Crippen LogP contribution in [0.25, 0.3) is 11.1 Å². The molecule has 0 radical (unpaired) electrons. The third-order valence-corrected chi connectivity index (χ3v) is 3.85. The summed E-state index contributed by atoms with van der Waals surface area (Å²) < 4.78 is 31.1. The lowest BCUT2D eigenvalue weighted by molar-refractivity contribution is -0.141. The van der Waals surface area contributed by atoms with E-state index in [1.807, 2.05) is 32.0 Å². The van der Waals surface area contributed by atoms with Gasteiger partial charge in [0.1, 0.15) is 5.69 Å². The number of carbonyl (C=O) groups excluding carboxylic acids is 1. The SMILES string of the molecule is COC(=O)C[C@H](N)c1cc(-c2c(C)cccc2C)cc(C(F)F)n1. The summed E-state index contributed by atoms with van der Waals surface area (Å²) in [5, 5.41) is 0. The van der Waals surface area contributed by atoms with Gasteiger partial charge < -0.3 is 10.5 Å². The van der Waals surface area contributed by atoms with Crippen molar-refractivity contribution in [3.8, 4) is 11.1 Å². The largest absolute Gasteiger partial charge is 0.469 e. The molecule has 0 bridgehead atoms. The van der Waals surface area contributed by atoms with Crippen molar-refractivity contribution in [1.29, 1.82) is 0 Å². The maximum absolute atomic E-state index is 13.2. The summed E-state index contributed by atoms with van der Waals surface area (Å²) >= 11 is 0. The van der Waals surface area contributed by atoms with Gasteiger partial charge in [0.15, 0.2) is 0 Å².